The molecule has 1 fully saturated rings. The number of nitrogens with one attached hydrogen (secondary N) is 1. The lowest BCUT2D eigenvalue weighted by molar-refractivity contribution is 0.0727. The minimum absolute atomic E-state index is 0.169. The van der Waals surface area contributed by atoms with Crippen LogP contribution in [-0.4, -0.2) is 56.6 Å². The summed E-state index contributed by atoms with van der Waals surface area (Å²) in [7, 11) is 0.0701. The van der Waals surface area contributed by atoms with Gasteiger partial charge in [0.2, 0.25) is 10.0 Å². The average Bonchev–Trinajstić information content (AvgIpc) is 2.68. The lowest BCUT2D eigenvalue weighted by Gasteiger charge is -2.33. The Balaban J connectivity index is 1.77. The molecular formula is C19H24N4O3S. The lowest BCUT2D eigenvalue weighted by Crippen LogP contribution is -2.47. The molecule has 2 heterocycles. The van der Waals surface area contributed by atoms with E-state index in [0.29, 0.717) is 36.5 Å². The summed E-state index contributed by atoms with van der Waals surface area (Å²) in [6, 6.07) is 12.2. The van der Waals surface area contributed by atoms with Crippen molar-refractivity contribution in [1.29, 1.82) is 0 Å². The van der Waals surface area contributed by atoms with Crippen LogP contribution in [0.3, 0.4) is 0 Å². The third kappa shape index (κ3) is 4.39. The minimum Gasteiger partial charge on any atom is -0.362 e. The highest BCUT2D eigenvalue weighted by atomic mass is 32.2. The number of carbonyl (C=O) groups is 1. The van der Waals surface area contributed by atoms with Crippen molar-refractivity contribution in [3.05, 3.63) is 54.2 Å². The molecule has 1 atom stereocenters. The van der Waals surface area contributed by atoms with Crippen molar-refractivity contribution >= 4 is 27.4 Å². The van der Waals surface area contributed by atoms with Crippen LogP contribution in [-0.2, 0) is 10.0 Å². The Labute approximate surface area is 160 Å². The maximum absolute atomic E-state index is 13.0. The molecule has 0 unspecified atom stereocenters. The molecule has 0 bridgehead atoms. The van der Waals surface area contributed by atoms with Crippen molar-refractivity contribution in [2.75, 3.05) is 36.8 Å². The van der Waals surface area contributed by atoms with Crippen molar-refractivity contribution in [3.8, 4) is 0 Å². The van der Waals surface area contributed by atoms with Crippen molar-refractivity contribution < 1.29 is 13.2 Å². The summed E-state index contributed by atoms with van der Waals surface area (Å²) in [6.07, 6.45) is 2.81. The zero-order valence-electron chi connectivity index (χ0n) is 15.5. The van der Waals surface area contributed by atoms with Crippen LogP contribution in [0.25, 0.3) is 0 Å². The molecule has 0 saturated carbocycles. The van der Waals surface area contributed by atoms with Gasteiger partial charge in [0.05, 0.1) is 10.8 Å². The number of amides is 1. The van der Waals surface area contributed by atoms with E-state index < -0.39 is 15.3 Å². The zero-order chi connectivity index (χ0) is 19.4. The number of hydrogen-bond acceptors (Lipinski definition) is 5. The third-order valence-electron chi connectivity index (χ3n) is 4.58. The van der Waals surface area contributed by atoms with Crippen LogP contribution in [0.4, 0.5) is 11.5 Å². The van der Waals surface area contributed by atoms with Crippen molar-refractivity contribution in [2.45, 2.75) is 18.1 Å². The Bertz CT molecular complexity index is 900. The number of piperidine rings is 1. The Morgan fingerprint density at radius 1 is 1.19 bits per heavy atom. The van der Waals surface area contributed by atoms with Crippen LogP contribution in [0.2, 0.25) is 0 Å². The average molecular weight is 388 g/mol. The second kappa shape index (κ2) is 7.96. The molecule has 1 aliphatic rings. The number of pyridine rings is 1. The molecule has 3 rings (SSSR count). The third-order valence-corrected chi connectivity index (χ3v) is 6.36. The summed E-state index contributed by atoms with van der Waals surface area (Å²) >= 11 is 0. The summed E-state index contributed by atoms with van der Waals surface area (Å²) in [4.78, 5) is 20.7. The first-order valence-corrected chi connectivity index (χ1v) is 10.4. The van der Waals surface area contributed by atoms with Crippen LogP contribution in [0, 0.1) is 0 Å². The molecule has 1 amide bonds. The molecule has 7 nitrogen and oxygen atoms in total. The Morgan fingerprint density at radius 2 is 1.93 bits per heavy atom. The predicted molar refractivity (Wildman–Crippen MR) is 106 cm³/mol. The molecule has 144 valence electrons. The molecule has 0 aliphatic carbocycles. The maximum Gasteiger partial charge on any atom is 0.257 e. The van der Waals surface area contributed by atoms with Gasteiger partial charge in [-0.3, -0.25) is 9.52 Å². The first-order chi connectivity index (χ1) is 12.9. The van der Waals surface area contributed by atoms with Gasteiger partial charge in [-0.25, -0.2) is 13.4 Å². The van der Waals surface area contributed by atoms with E-state index in [9.17, 15) is 13.2 Å². The van der Waals surface area contributed by atoms with Crippen LogP contribution >= 0.6 is 0 Å². The lowest BCUT2D eigenvalue weighted by atomic mass is 10.1. The highest BCUT2D eigenvalue weighted by Gasteiger charge is 2.33. The van der Waals surface area contributed by atoms with E-state index in [1.165, 1.54) is 0 Å². The number of anilines is 2. The summed E-state index contributed by atoms with van der Waals surface area (Å²) < 4.78 is 28.2. The number of para-hydroxylation sites is 1. The summed E-state index contributed by atoms with van der Waals surface area (Å²) in [5.41, 5.74) is 1.01. The highest BCUT2D eigenvalue weighted by molar-refractivity contribution is 7.93. The van der Waals surface area contributed by atoms with Gasteiger partial charge in [-0.05, 0) is 37.1 Å². The van der Waals surface area contributed by atoms with Crippen LogP contribution in [0.5, 0.6) is 0 Å². The summed E-state index contributed by atoms with van der Waals surface area (Å²) in [5.74, 6) is 0.390. The van der Waals surface area contributed by atoms with Crippen LogP contribution in [0.1, 0.15) is 23.2 Å². The van der Waals surface area contributed by atoms with Gasteiger partial charge in [-0.2, -0.15) is 0 Å². The minimum atomic E-state index is -3.58. The molecule has 27 heavy (non-hydrogen) atoms. The van der Waals surface area contributed by atoms with Gasteiger partial charge < -0.3 is 9.80 Å². The van der Waals surface area contributed by atoms with Crippen LogP contribution in [0.15, 0.2) is 48.7 Å². The number of aromatic nitrogens is 1. The monoisotopic (exact) mass is 388 g/mol. The molecule has 0 radical (unpaired) electrons. The smallest absolute Gasteiger partial charge is 0.257 e. The van der Waals surface area contributed by atoms with E-state index in [1.807, 2.05) is 20.2 Å². The second-order valence-electron chi connectivity index (χ2n) is 6.80. The van der Waals surface area contributed by atoms with Gasteiger partial charge >= 0.3 is 0 Å². The predicted octanol–water partition coefficient (Wildman–Crippen LogP) is 2.19. The van der Waals surface area contributed by atoms with Crippen molar-refractivity contribution in [2.24, 2.45) is 0 Å². The number of benzene rings is 1. The van der Waals surface area contributed by atoms with Crippen molar-refractivity contribution in [1.82, 2.24) is 9.88 Å². The van der Waals surface area contributed by atoms with Gasteiger partial charge in [0.25, 0.3) is 5.91 Å². The molecule has 1 aromatic heterocycles. The van der Waals surface area contributed by atoms with E-state index >= 15 is 0 Å². The normalized spacial score (nSPS) is 17.4. The molecule has 2 aromatic rings. The fourth-order valence-corrected chi connectivity index (χ4v) is 4.70. The SMILES string of the molecule is CN(C)c1ncccc1C(=O)N1CCC[C@@H](S(=O)(=O)Nc2ccccc2)C1. The Kier molecular flexibility index (Phi) is 5.65. The van der Waals surface area contributed by atoms with E-state index in [1.54, 1.807) is 52.4 Å². The molecule has 1 saturated heterocycles. The van der Waals surface area contributed by atoms with E-state index in [0.717, 1.165) is 0 Å². The number of rotatable bonds is 5. The van der Waals surface area contributed by atoms with E-state index in [2.05, 4.69) is 9.71 Å². The van der Waals surface area contributed by atoms with Gasteiger partial charge in [0.15, 0.2) is 0 Å². The number of sulfonamides is 1. The van der Waals surface area contributed by atoms with Gasteiger partial charge in [-0.1, -0.05) is 18.2 Å². The Hall–Kier alpha value is -2.61. The molecule has 1 aromatic carbocycles. The zero-order valence-corrected chi connectivity index (χ0v) is 16.3. The fraction of sp³-hybridized carbons (Fsp3) is 0.368. The van der Waals surface area contributed by atoms with Crippen molar-refractivity contribution in [3.63, 3.8) is 0 Å². The summed E-state index contributed by atoms with van der Waals surface area (Å²) in [5, 5.41) is -0.644. The van der Waals surface area contributed by atoms with Crippen LogP contribution < -0.4 is 9.62 Å². The quantitative estimate of drug-likeness (QED) is 0.849. The second-order valence-corrected chi connectivity index (χ2v) is 8.76. The molecular weight excluding hydrogens is 364 g/mol. The number of likely N-dealkylation sites (tertiary alicyclic amines) is 1. The van der Waals surface area contributed by atoms with Gasteiger partial charge in [0, 0.05) is 39.1 Å². The van der Waals surface area contributed by atoms with E-state index in [-0.39, 0.29) is 12.5 Å². The fourth-order valence-electron chi connectivity index (χ4n) is 3.22. The maximum atomic E-state index is 13.0. The molecule has 0 spiro atoms. The van der Waals surface area contributed by atoms with Gasteiger partial charge in [-0.15, -0.1) is 0 Å². The molecule has 1 N–H and O–H groups in total. The first kappa shape index (κ1) is 19.2. The number of carbonyl (C=O) groups excluding carboxylic acids is 1. The first-order valence-electron chi connectivity index (χ1n) is 8.87. The van der Waals surface area contributed by atoms with Gasteiger partial charge in [0.1, 0.15) is 5.82 Å². The number of hydrogen-bond donors (Lipinski definition) is 1. The highest BCUT2D eigenvalue weighted by Crippen LogP contribution is 2.23. The standard InChI is InChI=1S/C19H24N4O3S/c1-22(2)18-17(11-6-12-20-18)19(24)23-13-7-10-16(14-23)27(25,26)21-15-8-4-3-5-9-15/h3-6,8-9,11-12,16,21H,7,10,13-14H2,1-2H3/t16-/m1/s1. The Morgan fingerprint density at radius 3 is 2.63 bits per heavy atom. The van der Waals surface area contributed by atoms with E-state index in [4.69, 9.17) is 0 Å². The largest absolute Gasteiger partial charge is 0.362 e. The molecule has 8 heteroatoms. The number of nitrogens with zero attached hydrogens (tertiary/aromatic N) is 3. The molecule has 1 aliphatic heterocycles. The summed E-state index contributed by atoms with van der Waals surface area (Å²) in [6.45, 7) is 0.709. The topological polar surface area (TPSA) is 82.6 Å².